The first kappa shape index (κ1) is 11.9. The lowest BCUT2D eigenvalue weighted by Gasteiger charge is -2.01. The summed E-state index contributed by atoms with van der Waals surface area (Å²) in [4.78, 5) is 8.71. The smallest absolute Gasteiger partial charge is 0.207 e. The van der Waals surface area contributed by atoms with Gasteiger partial charge in [0.05, 0.1) is 16.7 Å². The maximum absolute atomic E-state index is 6.13. The van der Waals surface area contributed by atoms with E-state index in [2.05, 4.69) is 9.97 Å². The molecule has 3 rings (SSSR count). The summed E-state index contributed by atoms with van der Waals surface area (Å²) >= 11 is 6.13. The molecule has 2 heterocycles. The fourth-order valence-corrected chi connectivity index (χ4v) is 2.29. The van der Waals surface area contributed by atoms with Crippen molar-refractivity contribution in [3.63, 3.8) is 0 Å². The van der Waals surface area contributed by atoms with Gasteiger partial charge in [-0.25, -0.2) is 4.98 Å². The van der Waals surface area contributed by atoms with Gasteiger partial charge in [-0.05, 0) is 42.8 Å². The van der Waals surface area contributed by atoms with E-state index in [1.807, 2.05) is 60.2 Å². The number of fused-ring (bicyclic) bond motifs is 1. The zero-order valence-corrected chi connectivity index (χ0v) is 11.2. The van der Waals surface area contributed by atoms with Crippen LogP contribution < -0.4 is 0 Å². The Bertz CT molecular complexity index is 745. The zero-order valence-electron chi connectivity index (χ0n) is 10.4. The summed E-state index contributed by atoms with van der Waals surface area (Å²) in [5.74, 6) is 0. The molecule has 0 atom stereocenters. The van der Waals surface area contributed by atoms with Crippen molar-refractivity contribution in [1.29, 1.82) is 0 Å². The molecule has 0 fully saturated rings. The third-order valence-electron chi connectivity index (χ3n) is 2.91. The summed E-state index contributed by atoms with van der Waals surface area (Å²) in [6.07, 6.45) is 5.61. The van der Waals surface area contributed by atoms with Crippen LogP contribution in [0.5, 0.6) is 0 Å². The van der Waals surface area contributed by atoms with Gasteiger partial charge in [-0.2, -0.15) is 0 Å². The van der Waals surface area contributed by atoms with E-state index >= 15 is 0 Å². The highest BCUT2D eigenvalue weighted by Crippen LogP contribution is 2.25. The number of rotatable bonds is 2. The highest BCUT2D eigenvalue weighted by atomic mass is 35.5. The number of allylic oxidation sites excluding steroid dienone is 1. The van der Waals surface area contributed by atoms with Crippen LogP contribution >= 0.6 is 11.6 Å². The summed E-state index contributed by atoms with van der Waals surface area (Å²) in [7, 11) is 0. The lowest BCUT2D eigenvalue weighted by Crippen LogP contribution is -1.86. The van der Waals surface area contributed by atoms with Gasteiger partial charge in [-0.3, -0.25) is 9.55 Å². The average Bonchev–Trinajstić information content (AvgIpc) is 2.76. The normalized spacial score (nSPS) is 11.5. The molecule has 0 bridgehead atoms. The van der Waals surface area contributed by atoms with Gasteiger partial charge in [-0.15, -0.1) is 0 Å². The Morgan fingerprint density at radius 2 is 2.11 bits per heavy atom. The number of pyridine rings is 1. The van der Waals surface area contributed by atoms with E-state index in [-0.39, 0.29) is 0 Å². The van der Waals surface area contributed by atoms with E-state index in [9.17, 15) is 0 Å². The molecule has 0 saturated heterocycles. The molecular weight excluding hydrogens is 258 g/mol. The molecule has 4 heteroatoms. The van der Waals surface area contributed by atoms with Crippen molar-refractivity contribution in [1.82, 2.24) is 14.5 Å². The average molecular weight is 270 g/mol. The SMILES string of the molecule is C/C=C/n1c(Cl)nc2cc(-c3ccccn3)ccc21. The molecule has 94 valence electrons. The highest BCUT2D eigenvalue weighted by molar-refractivity contribution is 6.29. The van der Waals surface area contributed by atoms with Crippen LogP contribution in [0.25, 0.3) is 28.5 Å². The minimum Gasteiger partial charge on any atom is -0.290 e. The fourth-order valence-electron chi connectivity index (χ4n) is 2.05. The summed E-state index contributed by atoms with van der Waals surface area (Å²) in [6.45, 7) is 1.95. The molecule has 2 aromatic heterocycles. The van der Waals surface area contributed by atoms with Crippen LogP contribution in [0.2, 0.25) is 5.28 Å². The first-order valence-corrected chi connectivity index (χ1v) is 6.39. The van der Waals surface area contributed by atoms with Crippen LogP contribution in [0.3, 0.4) is 0 Å². The van der Waals surface area contributed by atoms with Crippen molar-refractivity contribution in [2.24, 2.45) is 0 Å². The number of hydrogen-bond donors (Lipinski definition) is 0. The van der Waals surface area contributed by atoms with Crippen LogP contribution in [-0.4, -0.2) is 14.5 Å². The van der Waals surface area contributed by atoms with Crippen LogP contribution in [-0.2, 0) is 0 Å². The molecule has 0 aliphatic carbocycles. The Balaban J connectivity index is 2.18. The molecule has 3 aromatic rings. The molecule has 0 N–H and O–H groups in total. The predicted molar refractivity (Wildman–Crippen MR) is 79.0 cm³/mol. The van der Waals surface area contributed by atoms with E-state index in [1.54, 1.807) is 6.20 Å². The Morgan fingerprint density at radius 1 is 1.21 bits per heavy atom. The van der Waals surface area contributed by atoms with Crippen molar-refractivity contribution in [2.75, 3.05) is 0 Å². The molecule has 19 heavy (non-hydrogen) atoms. The lowest BCUT2D eigenvalue weighted by atomic mass is 10.1. The van der Waals surface area contributed by atoms with Gasteiger partial charge in [0, 0.05) is 18.0 Å². The van der Waals surface area contributed by atoms with Gasteiger partial charge >= 0.3 is 0 Å². The summed E-state index contributed by atoms with van der Waals surface area (Å²) < 4.78 is 1.86. The van der Waals surface area contributed by atoms with Crippen LogP contribution in [0, 0.1) is 0 Å². The van der Waals surface area contributed by atoms with Crippen molar-refractivity contribution in [2.45, 2.75) is 6.92 Å². The molecule has 0 saturated carbocycles. The minimum atomic E-state index is 0.464. The van der Waals surface area contributed by atoms with E-state index in [1.165, 1.54) is 0 Å². The van der Waals surface area contributed by atoms with Crippen molar-refractivity contribution in [3.8, 4) is 11.3 Å². The largest absolute Gasteiger partial charge is 0.290 e. The quantitative estimate of drug-likeness (QED) is 0.697. The van der Waals surface area contributed by atoms with Crippen LogP contribution in [0.4, 0.5) is 0 Å². The van der Waals surface area contributed by atoms with Crippen molar-refractivity contribution < 1.29 is 0 Å². The van der Waals surface area contributed by atoms with Crippen molar-refractivity contribution in [3.05, 3.63) is 54.0 Å². The van der Waals surface area contributed by atoms with Gasteiger partial charge in [0.25, 0.3) is 0 Å². The Kier molecular flexibility index (Phi) is 3.05. The maximum Gasteiger partial charge on any atom is 0.207 e. The van der Waals surface area contributed by atoms with E-state index < -0.39 is 0 Å². The van der Waals surface area contributed by atoms with E-state index in [4.69, 9.17) is 11.6 Å². The molecule has 3 nitrogen and oxygen atoms in total. The molecule has 0 aliphatic heterocycles. The summed E-state index contributed by atoms with van der Waals surface area (Å²) in [5, 5.41) is 0.464. The van der Waals surface area contributed by atoms with E-state index in [0.717, 1.165) is 22.3 Å². The van der Waals surface area contributed by atoms with Crippen molar-refractivity contribution >= 4 is 28.8 Å². The molecular formula is C15H12ClN3. The topological polar surface area (TPSA) is 30.7 Å². The van der Waals surface area contributed by atoms with Crippen LogP contribution in [0.1, 0.15) is 6.92 Å². The standard InChI is InChI=1S/C15H12ClN3/c1-2-9-19-14-7-6-11(10-13(14)18-15(19)16)12-5-3-4-8-17-12/h2-10H,1H3/b9-2+. The van der Waals surface area contributed by atoms with Gasteiger partial charge in [0.1, 0.15) is 0 Å². The molecule has 0 aliphatic rings. The van der Waals surface area contributed by atoms with Gasteiger partial charge in [0.15, 0.2) is 0 Å². The third kappa shape index (κ3) is 2.13. The van der Waals surface area contributed by atoms with E-state index in [0.29, 0.717) is 5.28 Å². The first-order valence-electron chi connectivity index (χ1n) is 6.01. The Morgan fingerprint density at radius 3 is 2.84 bits per heavy atom. The number of halogens is 1. The van der Waals surface area contributed by atoms with Crippen LogP contribution in [0.15, 0.2) is 48.7 Å². The van der Waals surface area contributed by atoms with Gasteiger partial charge in [-0.1, -0.05) is 18.2 Å². The number of aromatic nitrogens is 3. The van der Waals surface area contributed by atoms with Gasteiger partial charge in [0.2, 0.25) is 5.28 Å². The number of nitrogens with zero attached hydrogens (tertiary/aromatic N) is 3. The number of hydrogen-bond acceptors (Lipinski definition) is 2. The zero-order chi connectivity index (χ0) is 13.2. The summed E-state index contributed by atoms with van der Waals surface area (Å²) in [6, 6.07) is 11.9. The molecule has 0 radical (unpaired) electrons. The number of benzene rings is 1. The Hall–Kier alpha value is -2.13. The highest BCUT2D eigenvalue weighted by Gasteiger charge is 2.08. The maximum atomic E-state index is 6.13. The fraction of sp³-hybridized carbons (Fsp3) is 0.0667. The molecule has 1 aromatic carbocycles. The second-order valence-electron chi connectivity index (χ2n) is 4.15. The lowest BCUT2D eigenvalue weighted by molar-refractivity contribution is 1.17. The molecule has 0 amide bonds. The molecule has 0 unspecified atom stereocenters. The predicted octanol–water partition coefficient (Wildman–Crippen LogP) is 4.24. The molecule has 0 spiro atoms. The first-order chi connectivity index (χ1) is 9.29. The second-order valence-corrected chi connectivity index (χ2v) is 4.49. The Labute approximate surface area is 116 Å². The van der Waals surface area contributed by atoms with Gasteiger partial charge < -0.3 is 0 Å². The minimum absolute atomic E-state index is 0.464. The monoisotopic (exact) mass is 269 g/mol. The summed E-state index contributed by atoms with van der Waals surface area (Å²) in [5.41, 5.74) is 3.82. The second kappa shape index (κ2) is 4.86. The number of imidazole rings is 1. The third-order valence-corrected chi connectivity index (χ3v) is 3.17.